The predicted molar refractivity (Wildman–Crippen MR) is 112 cm³/mol. The summed E-state index contributed by atoms with van der Waals surface area (Å²) in [7, 11) is 0. The zero-order valence-electron chi connectivity index (χ0n) is 17.6. The predicted octanol–water partition coefficient (Wildman–Crippen LogP) is 1.47. The smallest absolute Gasteiger partial charge is 0.306 e. The highest BCUT2D eigenvalue weighted by Gasteiger charge is 2.20. The van der Waals surface area contributed by atoms with Gasteiger partial charge in [0.15, 0.2) is 0 Å². The van der Waals surface area contributed by atoms with Gasteiger partial charge >= 0.3 is 5.97 Å². The van der Waals surface area contributed by atoms with Crippen molar-refractivity contribution in [1.29, 1.82) is 0 Å². The molecule has 2 amide bonds. The van der Waals surface area contributed by atoms with Crippen LogP contribution in [-0.2, 0) is 35.2 Å². The molecule has 0 fully saturated rings. The van der Waals surface area contributed by atoms with E-state index in [1.807, 2.05) is 30.3 Å². The molecule has 0 saturated heterocycles. The average Bonchev–Trinajstić information content (AvgIpc) is 2.76. The fourth-order valence-electron chi connectivity index (χ4n) is 2.43. The molecule has 0 radical (unpaired) electrons. The first-order valence-electron chi connectivity index (χ1n) is 9.93. The van der Waals surface area contributed by atoms with E-state index in [1.54, 1.807) is 0 Å². The summed E-state index contributed by atoms with van der Waals surface area (Å²) in [6.45, 7) is 3.21. The van der Waals surface area contributed by atoms with Crippen molar-refractivity contribution in [2.75, 3.05) is 39.5 Å². The van der Waals surface area contributed by atoms with Crippen molar-refractivity contribution in [2.24, 2.45) is 5.11 Å². The van der Waals surface area contributed by atoms with Gasteiger partial charge in [0.25, 0.3) is 0 Å². The molecule has 1 aromatic carbocycles. The van der Waals surface area contributed by atoms with Crippen molar-refractivity contribution >= 4 is 17.8 Å². The fourth-order valence-corrected chi connectivity index (χ4v) is 2.43. The summed E-state index contributed by atoms with van der Waals surface area (Å²) < 4.78 is 15.7. The second-order valence-corrected chi connectivity index (χ2v) is 6.41. The van der Waals surface area contributed by atoms with Crippen LogP contribution in [0.2, 0.25) is 0 Å². The van der Waals surface area contributed by atoms with E-state index >= 15 is 0 Å². The normalized spacial score (nSPS) is 11.1. The summed E-state index contributed by atoms with van der Waals surface area (Å²) in [5, 5.41) is 8.54. The third-order valence-corrected chi connectivity index (χ3v) is 3.89. The van der Waals surface area contributed by atoms with Gasteiger partial charge in [0, 0.05) is 31.3 Å². The first-order chi connectivity index (χ1) is 15.0. The first-order valence-corrected chi connectivity index (χ1v) is 9.93. The Morgan fingerprint density at radius 1 is 1.10 bits per heavy atom. The number of nitrogens with one attached hydrogen (secondary N) is 2. The zero-order valence-corrected chi connectivity index (χ0v) is 17.6. The van der Waals surface area contributed by atoms with E-state index in [9.17, 15) is 14.4 Å². The molecule has 11 heteroatoms. The quantitative estimate of drug-likeness (QED) is 0.132. The molecule has 0 aromatic heterocycles. The van der Waals surface area contributed by atoms with Crippen molar-refractivity contribution in [1.82, 2.24) is 10.6 Å². The molecule has 0 aliphatic rings. The third kappa shape index (κ3) is 13.7. The highest BCUT2D eigenvalue weighted by molar-refractivity contribution is 5.87. The molecule has 0 bridgehead atoms. The number of carbonyl (C=O) groups is 3. The van der Waals surface area contributed by atoms with Gasteiger partial charge in [-0.25, -0.2) is 0 Å². The number of benzene rings is 1. The second kappa shape index (κ2) is 16.6. The van der Waals surface area contributed by atoms with Gasteiger partial charge in [-0.05, 0) is 17.5 Å². The maximum atomic E-state index is 12.3. The number of ether oxygens (including phenoxy) is 3. The van der Waals surface area contributed by atoms with Gasteiger partial charge in [0.05, 0.1) is 26.4 Å². The zero-order chi connectivity index (χ0) is 22.7. The number of amides is 2. The summed E-state index contributed by atoms with van der Waals surface area (Å²) >= 11 is 0. The number of hydrogen-bond acceptors (Lipinski definition) is 7. The highest BCUT2D eigenvalue weighted by Crippen LogP contribution is 2.05. The van der Waals surface area contributed by atoms with Crippen LogP contribution in [0, 0.1) is 0 Å². The maximum Gasteiger partial charge on any atom is 0.306 e. The van der Waals surface area contributed by atoms with E-state index in [4.69, 9.17) is 19.7 Å². The minimum absolute atomic E-state index is 0.00507. The van der Waals surface area contributed by atoms with E-state index in [-0.39, 0.29) is 45.1 Å². The highest BCUT2D eigenvalue weighted by atomic mass is 16.5. The summed E-state index contributed by atoms with van der Waals surface area (Å²) in [4.78, 5) is 38.3. The molecule has 11 nitrogen and oxygen atoms in total. The van der Waals surface area contributed by atoms with Gasteiger partial charge in [0.2, 0.25) is 11.8 Å². The summed E-state index contributed by atoms with van der Waals surface area (Å²) in [6.07, 6.45) is 0.119. The lowest BCUT2D eigenvalue weighted by Crippen LogP contribution is -2.47. The second-order valence-electron chi connectivity index (χ2n) is 6.41. The number of nitrogens with zero attached hydrogens (tertiary/aromatic N) is 3. The van der Waals surface area contributed by atoms with Crippen LogP contribution >= 0.6 is 0 Å². The minimum Gasteiger partial charge on any atom is -0.461 e. The molecule has 2 N–H and O–H groups in total. The molecule has 0 heterocycles. The molecule has 0 spiro atoms. The van der Waals surface area contributed by atoms with Gasteiger partial charge in [-0.15, -0.1) is 0 Å². The lowest BCUT2D eigenvalue weighted by atomic mass is 10.1. The summed E-state index contributed by atoms with van der Waals surface area (Å²) in [6, 6.07) is 8.42. The molecular weight excluding hydrogens is 406 g/mol. The number of carbonyl (C=O) groups excluding carboxylic acids is 3. The van der Waals surface area contributed by atoms with Gasteiger partial charge < -0.3 is 24.8 Å². The van der Waals surface area contributed by atoms with E-state index in [0.29, 0.717) is 19.8 Å². The molecule has 1 atom stereocenters. The Kier molecular flexibility index (Phi) is 13.9. The first kappa shape index (κ1) is 25.9. The monoisotopic (exact) mass is 435 g/mol. The SMILES string of the molecule is CC(=O)N[C@@H](CCC(=O)OCc1ccccc1)C(=O)NCCOCCOCCN=[N+]=[N-]. The Balaban J connectivity index is 2.23. The fraction of sp³-hybridized carbons (Fsp3) is 0.550. The van der Waals surface area contributed by atoms with Gasteiger partial charge in [-0.3, -0.25) is 14.4 Å². The Morgan fingerprint density at radius 3 is 2.48 bits per heavy atom. The molecule has 0 aliphatic heterocycles. The minimum atomic E-state index is -0.842. The lowest BCUT2D eigenvalue weighted by Gasteiger charge is -2.17. The van der Waals surface area contributed by atoms with Crippen molar-refractivity contribution in [3.8, 4) is 0 Å². The Morgan fingerprint density at radius 2 is 1.81 bits per heavy atom. The van der Waals surface area contributed by atoms with Crippen LogP contribution < -0.4 is 10.6 Å². The standard InChI is InChI=1S/C20H29N5O6/c1-16(26)24-18(7-8-19(27)31-15-17-5-3-2-4-6-17)20(28)22-9-11-29-13-14-30-12-10-23-25-21/h2-6,18H,7-15H2,1H3,(H,22,28)(H,24,26)/t18-/m0/s1. The molecule has 31 heavy (non-hydrogen) atoms. The number of hydrogen-bond donors (Lipinski definition) is 2. The third-order valence-electron chi connectivity index (χ3n) is 3.89. The van der Waals surface area contributed by atoms with Crippen LogP contribution in [-0.4, -0.2) is 63.3 Å². The number of esters is 1. The van der Waals surface area contributed by atoms with Crippen molar-refractivity contribution in [3.05, 3.63) is 46.3 Å². The summed E-state index contributed by atoms with van der Waals surface area (Å²) in [5.74, 6) is -1.22. The molecule has 0 unspecified atom stereocenters. The van der Waals surface area contributed by atoms with Crippen LogP contribution in [0.5, 0.6) is 0 Å². The maximum absolute atomic E-state index is 12.3. The number of rotatable bonds is 16. The molecule has 1 aromatic rings. The van der Waals surface area contributed by atoms with Crippen molar-refractivity contribution in [2.45, 2.75) is 32.4 Å². The average molecular weight is 435 g/mol. The van der Waals surface area contributed by atoms with Crippen LogP contribution in [0.3, 0.4) is 0 Å². The Labute approximate surface area is 181 Å². The largest absolute Gasteiger partial charge is 0.461 e. The summed E-state index contributed by atoms with van der Waals surface area (Å²) in [5.41, 5.74) is 8.99. The van der Waals surface area contributed by atoms with Gasteiger partial charge in [0.1, 0.15) is 12.6 Å². The number of azide groups is 1. The van der Waals surface area contributed by atoms with Crippen LogP contribution in [0.25, 0.3) is 10.4 Å². The lowest BCUT2D eigenvalue weighted by molar-refractivity contribution is -0.145. The molecule has 170 valence electrons. The molecule has 0 saturated carbocycles. The van der Waals surface area contributed by atoms with Crippen molar-refractivity contribution < 1.29 is 28.6 Å². The van der Waals surface area contributed by atoms with E-state index in [0.717, 1.165) is 5.56 Å². The van der Waals surface area contributed by atoms with Gasteiger partial charge in [-0.2, -0.15) is 0 Å². The van der Waals surface area contributed by atoms with Gasteiger partial charge in [-0.1, -0.05) is 35.4 Å². The van der Waals surface area contributed by atoms with E-state index < -0.39 is 17.9 Å². The Hall–Kier alpha value is -3.14. The Bertz CT molecular complexity index is 724. The molecular formula is C20H29N5O6. The van der Waals surface area contributed by atoms with Crippen LogP contribution in [0.1, 0.15) is 25.3 Å². The van der Waals surface area contributed by atoms with Crippen molar-refractivity contribution in [3.63, 3.8) is 0 Å². The van der Waals surface area contributed by atoms with Crippen LogP contribution in [0.4, 0.5) is 0 Å². The topological polar surface area (TPSA) is 152 Å². The van der Waals surface area contributed by atoms with E-state index in [2.05, 4.69) is 20.7 Å². The molecule has 1 rings (SSSR count). The molecule has 0 aliphatic carbocycles. The van der Waals surface area contributed by atoms with Crippen LogP contribution in [0.15, 0.2) is 35.4 Å². The van der Waals surface area contributed by atoms with E-state index in [1.165, 1.54) is 6.92 Å².